The number of ether oxygens (including phenoxy) is 1. The summed E-state index contributed by atoms with van der Waals surface area (Å²) in [7, 11) is 1.78. The van der Waals surface area contributed by atoms with Crippen LogP contribution in [0.4, 0.5) is 4.39 Å². The summed E-state index contributed by atoms with van der Waals surface area (Å²) in [5.41, 5.74) is 1.84. The molecule has 2 aliphatic rings. The van der Waals surface area contributed by atoms with Crippen molar-refractivity contribution >= 4 is 28.4 Å². The van der Waals surface area contributed by atoms with Gasteiger partial charge < -0.3 is 14.7 Å². The molecule has 2 aromatic carbocycles. The van der Waals surface area contributed by atoms with Gasteiger partial charge >= 0.3 is 0 Å². The van der Waals surface area contributed by atoms with Crippen molar-refractivity contribution in [1.29, 1.82) is 0 Å². The number of amides is 1. The van der Waals surface area contributed by atoms with E-state index in [-0.39, 0.29) is 28.3 Å². The number of hydrogen-bond donors (Lipinski definition) is 1. The summed E-state index contributed by atoms with van der Waals surface area (Å²) in [6.07, 6.45) is 3.09. The van der Waals surface area contributed by atoms with Gasteiger partial charge in [0, 0.05) is 55.9 Å². The van der Waals surface area contributed by atoms with Crippen molar-refractivity contribution in [3.8, 4) is 22.6 Å². The molecule has 2 aliphatic heterocycles. The minimum Gasteiger partial charge on any atom is -0.507 e. The number of benzene rings is 2. The lowest BCUT2D eigenvalue weighted by atomic mass is 9.96. The van der Waals surface area contributed by atoms with Crippen LogP contribution >= 0.6 is 11.6 Å². The first-order valence-corrected chi connectivity index (χ1v) is 10.7. The van der Waals surface area contributed by atoms with Gasteiger partial charge in [0.25, 0.3) is 0 Å². The highest BCUT2D eigenvalue weighted by Gasteiger charge is 2.35. The quantitative estimate of drug-likeness (QED) is 0.599. The average Bonchev–Trinajstić information content (AvgIpc) is 3.05. The van der Waals surface area contributed by atoms with Crippen molar-refractivity contribution in [1.82, 2.24) is 19.6 Å². The van der Waals surface area contributed by atoms with Crippen LogP contribution in [0.1, 0.15) is 5.56 Å². The van der Waals surface area contributed by atoms with Crippen LogP contribution < -0.4 is 4.74 Å². The van der Waals surface area contributed by atoms with Gasteiger partial charge in [0.05, 0.1) is 16.6 Å². The fraction of sp³-hybridized carbons (Fsp3) is 0.304. The predicted octanol–water partition coefficient (Wildman–Crippen LogP) is 3.33. The van der Waals surface area contributed by atoms with Crippen LogP contribution in [-0.2, 0) is 18.4 Å². The summed E-state index contributed by atoms with van der Waals surface area (Å²) in [4.78, 5) is 16.1. The number of phenolic OH excluding ortho intramolecular Hbond substituents is 1. The number of carbonyl (C=O) groups is 1. The maximum absolute atomic E-state index is 14.8. The van der Waals surface area contributed by atoms with Gasteiger partial charge in [0.15, 0.2) is 0 Å². The Kier molecular flexibility index (Phi) is 5.06. The van der Waals surface area contributed by atoms with Gasteiger partial charge in [-0.3, -0.25) is 14.4 Å². The van der Waals surface area contributed by atoms with Crippen LogP contribution in [0.5, 0.6) is 11.5 Å². The summed E-state index contributed by atoms with van der Waals surface area (Å²) in [5.74, 6) is -0.455. The molecule has 7 nitrogen and oxygen atoms in total. The van der Waals surface area contributed by atoms with E-state index in [4.69, 9.17) is 16.3 Å². The largest absolute Gasteiger partial charge is 0.507 e. The summed E-state index contributed by atoms with van der Waals surface area (Å²) < 4.78 is 22.6. The Morgan fingerprint density at radius 3 is 2.94 bits per heavy atom. The molecule has 3 aromatic rings. The third kappa shape index (κ3) is 3.22. The normalized spacial score (nSPS) is 18.6. The molecule has 1 fully saturated rings. The number of aromatic nitrogens is 2. The van der Waals surface area contributed by atoms with Crippen molar-refractivity contribution < 1.29 is 19.0 Å². The van der Waals surface area contributed by atoms with E-state index >= 15 is 0 Å². The third-order valence-electron chi connectivity index (χ3n) is 6.19. The van der Waals surface area contributed by atoms with E-state index in [1.807, 2.05) is 0 Å². The van der Waals surface area contributed by atoms with E-state index in [0.29, 0.717) is 55.0 Å². The maximum Gasteiger partial charge on any atom is 0.246 e. The van der Waals surface area contributed by atoms with Crippen molar-refractivity contribution in [2.24, 2.45) is 7.05 Å². The van der Waals surface area contributed by atoms with Gasteiger partial charge in [-0.15, -0.1) is 0 Å². The molecule has 1 N–H and O–H groups in total. The molecule has 5 rings (SSSR count). The van der Waals surface area contributed by atoms with Gasteiger partial charge in [0.1, 0.15) is 29.4 Å². The number of carbonyl (C=O) groups excluding carboxylic acids is 1. The molecule has 3 heterocycles. The Balaban J connectivity index is 1.66. The fourth-order valence-corrected chi connectivity index (χ4v) is 5.00. The van der Waals surface area contributed by atoms with Gasteiger partial charge in [0.2, 0.25) is 5.91 Å². The van der Waals surface area contributed by atoms with Crippen molar-refractivity contribution in [2.75, 3.05) is 26.2 Å². The number of phenols is 1. The lowest BCUT2D eigenvalue weighted by molar-refractivity contribution is -0.129. The third-order valence-corrected chi connectivity index (χ3v) is 6.55. The Morgan fingerprint density at radius 1 is 1.38 bits per heavy atom. The van der Waals surface area contributed by atoms with Gasteiger partial charge in [-0.1, -0.05) is 24.2 Å². The number of halogens is 2. The summed E-state index contributed by atoms with van der Waals surface area (Å²) in [5, 5.41) is 15.9. The van der Waals surface area contributed by atoms with Crippen LogP contribution in [0.3, 0.4) is 0 Å². The lowest BCUT2D eigenvalue weighted by Gasteiger charge is -2.39. The molecule has 1 atom stereocenters. The van der Waals surface area contributed by atoms with Crippen molar-refractivity contribution in [2.45, 2.75) is 12.6 Å². The van der Waals surface area contributed by atoms with E-state index in [2.05, 4.69) is 16.6 Å². The molecule has 0 saturated carbocycles. The van der Waals surface area contributed by atoms with Crippen molar-refractivity contribution in [3.63, 3.8) is 0 Å². The molecule has 166 valence electrons. The SMILES string of the molecule is C=CC(=O)N1CCN2Cc3c(c(Cl)c(-c4c(O)cccc4F)c4cn(C)nc34)OC[C@H]2C1. The van der Waals surface area contributed by atoms with E-state index in [1.54, 1.807) is 22.8 Å². The first-order valence-electron chi connectivity index (χ1n) is 10.3. The van der Waals surface area contributed by atoms with Crippen LogP contribution in [0.2, 0.25) is 5.02 Å². The number of aryl methyl sites for hydroxylation is 1. The molecular formula is C23H22ClFN4O3. The Morgan fingerprint density at radius 2 is 2.19 bits per heavy atom. The smallest absolute Gasteiger partial charge is 0.246 e. The zero-order valence-electron chi connectivity index (χ0n) is 17.5. The van der Waals surface area contributed by atoms with Crippen LogP contribution in [0.25, 0.3) is 22.0 Å². The topological polar surface area (TPSA) is 70.8 Å². The van der Waals surface area contributed by atoms with Crippen molar-refractivity contribution in [3.05, 3.63) is 53.5 Å². The van der Waals surface area contributed by atoms with E-state index in [1.165, 1.54) is 24.3 Å². The van der Waals surface area contributed by atoms with E-state index in [9.17, 15) is 14.3 Å². The minimum atomic E-state index is -0.582. The molecule has 0 radical (unpaired) electrons. The molecule has 1 amide bonds. The second kappa shape index (κ2) is 7.79. The Labute approximate surface area is 189 Å². The second-order valence-electron chi connectivity index (χ2n) is 8.12. The molecular weight excluding hydrogens is 435 g/mol. The van der Waals surface area contributed by atoms with Crippen LogP contribution in [0.15, 0.2) is 37.1 Å². The summed E-state index contributed by atoms with van der Waals surface area (Å²) >= 11 is 6.83. The fourth-order valence-electron chi connectivity index (χ4n) is 4.64. The molecule has 32 heavy (non-hydrogen) atoms. The Hall–Kier alpha value is -3.10. The number of fused-ring (bicyclic) bond motifs is 4. The number of rotatable bonds is 2. The zero-order chi connectivity index (χ0) is 22.6. The minimum absolute atomic E-state index is 0.0200. The summed E-state index contributed by atoms with van der Waals surface area (Å²) in [6.45, 7) is 6.21. The molecule has 0 unspecified atom stereocenters. The standard InChI is InChI=1S/C23H22ClFN4O3/c1-3-18(31)29-8-7-28-11-15-22-14(10-27(2)26-22)19(20-16(25)5-4-6-17(20)30)21(24)23(15)32-12-13(28)9-29/h3-6,10,13,30H,1,7-9,11-12H2,2H3/t13-/m1/s1. The van der Waals surface area contributed by atoms with Gasteiger partial charge in [-0.25, -0.2) is 4.39 Å². The molecule has 0 spiro atoms. The summed E-state index contributed by atoms with van der Waals surface area (Å²) in [6, 6.07) is 4.12. The number of piperazine rings is 1. The van der Waals surface area contributed by atoms with Gasteiger partial charge in [-0.05, 0) is 18.2 Å². The number of aromatic hydroxyl groups is 1. The average molecular weight is 457 g/mol. The number of hydrogen-bond acceptors (Lipinski definition) is 5. The van der Waals surface area contributed by atoms with Crippen LogP contribution in [0, 0.1) is 5.82 Å². The van der Waals surface area contributed by atoms with E-state index in [0.717, 1.165) is 5.56 Å². The Bertz CT molecular complexity index is 1240. The highest BCUT2D eigenvalue weighted by molar-refractivity contribution is 6.37. The monoisotopic (exact) mass is 456 g/mol. The highest BCUT2D eigenvalue weighted by atomic mass is 35.5. The maximum atomic E-state index is 14.8. The first kappa shape index (κ1) is 20.8. The lowest BCUT2D eigenvalue weighted by Crippen LogP contribution is -2.55. The molecule has 1 saturated heterocycles. The zero-order valence-corrected chi connectivity index (χ0v) is 18.3. The van der Waals surface area contributed by atoms with Gasteiger partial charge in [-0.2, -0.15) is 5.10 Å². The molecule has 0 bridgehead atoms. The predicted molar refractivity (Wildman–Crippen MR) is 119 cm³/mol. The molecule has 9 heteroatoms. The molecule has 0 aliphatic carbocycles. The number of nitrogens with zero attached hydrogens (tertiary/aromatic N) is 4. The van der Waals surface area contributed by atoms with E-state index < -0.39 is 5.82 Å². The molecule has 1 aromatic heterocycles. The first-order chi connectivity index (χ1) is 15.4. The highest BCUT2D eigenvalue weighted by Crippen LogP contribution is 2.48. The van der Waals surface area contributed by atoms with Crippen LogP contribution in [-0.4, -0.2) is 62.9 Å². The second-order valence-corrected chi connectivity index (χ2v) is 8.50.